The van der Waals surface area contributed by atoms with Gasteiger partial charge in [-0.1, -0.05) is 78.9 Å². The van der Waals surface area contributed by atoms with Gasteiger partial charge < -0.3 is 4.42 Å². The van der Waals surface area contributed by atoms with Gasteiger partial charge in [0.1, 0.15) is 16.8 Å². The van der Waals surface area contributed by atoms with Gasteiger partial charge in [-0.05, 0) is 55.3 Å². The second-order valence-corrected chi connectivity index (χ2v) is 10.4. The Labute approximate surface area is 236 Å². The lowest BCUT2D eigenvalue weighted by atomic mass is 9.96. The third-order valence-corrected chi connectivity index (χ3v) is 7.60. The molecule has 0 radical (unpaired) electrons. The van der Waals surface area contributed by atoms with Crippen molar-refractivity contribution in [3.8, 4) is 33.8 Å². The number of benzene rings is 4. The van der Waals surface area contributed by atoms with E-state index in [-0.39, 0.29) is 0 Å². The zero-order chi connectivity index (χ0) is 27.5. The summed E-state index contributed by atoms with van der Waals surface area (Å²) in [5, 5.41) is 3.13. The first kappa shape index (κ1) is 23.5. The van der Waals surface area contributed by atoms with Crippen LogP contribution in [0.2, 0.25) is 0 Å². The second kappa shape index (κ2) is 9.07. The molecule has 0 saturated carbocycles. The van der Waals surface area contributed by atoms with Gasteiger partial charge in [0.05, 0.1) is 11.0 Å². The summed E-state index contributed by atoms with van der Waals surface area (Å²) in [5.74, 6) is 0.670. The molecule has 0 aliphatic carbocycles. The predicted octanol–water partition coefficient (Wildman–Crippen LogP) is 9.09. The monoisotopic (exact) mass is 528 g/mol. The summed E-state index contributed by atoms with van der Waals surface area (Å²) < 4.78 is 6.38. The number of furan rings is 1. The van der Waals surface area contributed by atoms with Gasteiger partial charge in [-0.25, -0.2) is 9.97 Å². The Hall–Kier alpha value is -5.42. The number of fused-ring (bicyclic) bond motifs is 6. The minimum Gasteiger partial charge on any atom is -0.452 e. The lowest BCUT2D eigenvalue weighted by Gasteiger charge is -2.12. The van der Waals surface area contributed by atoms with Crippen LogP contribution in [0.5, 0.6) is 0 Å². The summed E-state index contributed by atoms with van der Waals surface area (Å²) >= 11 is 0. The van der Waals surface area contributed by atoms with Gasteiger partial charge in [-0.2, -0.15) is 0 Å². The summed E-state index contributed by atoms with van der Waals surface area (Å²) in [7, 11) is 0. The van der Waals surface area contributed by atoms with E-state index in [4.69, 9.17) is 24.4 Å². The first-order valence-electron chi connectivity index (χ1n) is 13.7. The smallest absolute Gasteiger partial charge is 0.180 e. The molecule has 0 saturated heterocycles. The fourth-order valence-corrected chi connectivity index (χ4v) is 5.67. The molecule has 41 heavy (non-hydrogen) atoms. The number of pyridine rings is 2. The summed E-state index contributed by atoms with van der Waals surface area (Å²) in [4.78, 5) is 19.8. The molecular weight excluding hydrogens is 504 g/mol. The third-order valence-electron chi connectivity index (χ3n) is 7.60. The average molecular weight is 529 g/mol. The molecule has 8 rings (SSSR count). The van der Waals surface area contributed by atoms with Crippen LogP contribution in [-0.2, 0) is 0 Å². The molecule has 0 bridgehead atoms. The van der Waals surface area contributed by atoms with Crippen molar-refractivity contribution in [3.05, 3.63) is 121 Å². The molecule has 5 heteroatoms. The largest absolute Gasteiger partial charge is 0.452 e. The molecule has 4 aromatic carbocycles. The number of hydrogen-bond donors (Lipinski definition) is 0. The van der Waals surface area contributed by atoms with Crippen molar-refractivity contribution in [1.29, 1.82) is 0 Å². The van der Waals surface area contributed by atoms with Gasteiger partial charge in [0.2, 0.25) is 0 Å². The molecule has 0 atom stereocenters. The molecule has 0 fully saturated rings. The van der Waals surface area contributed by atoms with E-state index in [2.05, 4.69) is 54.6 Å². The number of hydrogen-bond acceptors (Lipinski definition) is 5. The number of rotatable bonds is 3. The van der Waals surface area contributed by atoms with Crippen molar-refractivity contribution >= 4 is 43.9 Å². The fourth-order valence-electron chi connectivity index (χ4n) is 5.67. The summed E-state index contributed by atoms with van der Waals surface area (Å²) in [6.45, 7) is 4.05. The summed E-state index contributed by atoms with van der Waals surface area (Å²) in [6.07, 6.45) is 0. The molecular formula is C36H24N4O. The van der Waals surface area contributed by atoms with E-state index in [0.717, 1.165) is 77.6 Å². The Kier molecular flexibility index (Phi) is 5.19. The number of aromatic nitrogens is 4. The highest BCUT2D eigenvalue weighted by Crippen LogP contribution is 2.38. The molecule has 4 aromatic heterocycles. The van der Waals surface area contributed by atoms with Gasteiger partial charge in [-0.15, -0.1) is 0 Å². The summed E-state index contributed by atoms with van der Waals surface area (Å²) in [6, 6.07) is 37.2. The quantitative estimate of drug-likeness (QED) is 0.214. The van der Waals surface area contributed by atoms with Crippen LogP contribution in [0.1, 0.15) is 11.4 Å². The van der Waals surface area contributed by atoms with E-state index in [9.17, 15) is 0 Å². The van der Waals surface area contributed by atoms with Crippen LogP contribution in [0.3, 0.4) is 0 Å². The topological polar surface area (TPSA) is 64.7 Å². The Morgan fingerprint density at radius 2 is 1.27 bits per heavy atom. The molecule has 8 aromatic rings. The van der Waals surface area contributed by atoms with Crippen LogP contribution in [0, 0.1) is 13.8 Å². The van der Waals surface area contributed by atoms with Crippen LogP contribution < -0.4 is 0 Å². The van der Waals surface area contributed by atoms with Crippen molar-refractivity contribution in [3.63, 3.8) is 0 Å². The van der Waals surface area contributed by atoms with Crippen LogP contribution in [0.15, 0.2) is 114 Å². The number of aryl methyl sites for hydroxylation is 2. The van der Waals surface area contributed by atoms with Crippen molar-refractivity contribution in [2.24, 2.45) is 0 Å². The third kappa shape index (κ3) is 3.85. The van der Waals surface area contributed by atoms with E-state index in [0.29, 0.717) is 11.4 Å². The fraction of sp³-hybridized carbons (Fsp3) is 0.0556. The first-order valence-corrected chi connectivity index (χ1v) is 13.7. The van der Waals surface area contributed by atoms with Gasteiger partial charge in [0, 0.05) is 38.7 Å². The van der Waals surface area contributed by atoms with Gasteiger partial charge in [-0.3, -0.25) is 9.97 Å². The SMILES string of the molecule is Cc1ccc2ccc3c(-c4cccc(-c5nc(-c6ccccc6)nc6c5oc5ccccc56)c4)cc(C)nc3c2n1. The van der Waals surface area contributed by atoms with Crippen LogP contribution >= 0.6 is 0 Å². The highest BCUT2D eigenvalue weighted by molar-refractivity contribution is 6.09. The van der Waals surface area contributed by atoms with Crippen LogP contribution in [0.25, 0.3) is 77.6 Å². The highest BCUT2D eigenvalue weighted by atomic mass is 16.3. The van der Waals surface area contributed by atoms with E-state index in [1.807, 2.05) is 68.4 Å². The molecule has 0 aliphatic rings. The van der Waals surface area contributed by atoms with Gasteiger partial charge in [0.15, 0.2) is 11.4 Å². The van der Waals surface area contributed by atoms with Gasteiger partial charge >= 0.3 is 0 Å². The maximum atomic E-state index is 6.38. The average Bonchev–Trinajstić information content (AvgIpc) is 3.39. The molecule has 0 N–H and O–H groups in total. The van der Waals surface area contributed by atoms with Crippen LogP contribution in [0.4, 0.5) is 0 Å². The maximum Gasteiger partial charge on any atom is 0.180 e. The zero-order valence-corrected chi connectivity index (χ0v) is 22.6. The standard InChI is InChI=1S/C36H24N4O/c1-21-15-16-23-17-18-27-29(19-22(2)38-33(27)31(23)37-21)25-11-8-12-26(20-25)32-35-34(28-13-6-7-14-30(28)41-35)40-36(39-32)24-9-4-3-5-10-24/h3-20H,1-2H3. The molecule has 0 aliphatic heterocycles. The minimum absolute atomic E-state index is 0.670. The highest BCUT2D eigenvalue weighted by Gasteiger charge is 2.19. The summed E-state index contributed by atoms with van der Waals surface area (Å²) in [5.41, 5.74) is 10.9. The van der Waals surface area contributed by atoms with Crippen molar-refractivity contribution in [2.75, 3.05) is 0 Å². The first-order chi connectivity index (χ1) is 20.1. The normalized spacial score (nSPS) is 11.7. The molecule has 0 unspecified atom stereocenters. The van der Waals surface area contributed by atoms with E-state index in [1.165, 1.54) is 0 Å². The van der Waals surface area contributed by atoms with E-state index in [1.54, 1.807) is 0 Å². The molecule has 0 spiro atoms. The van der Waals surface area contributed by atoms with Gasteiger partial charge in [0.25, 0.3) is 0 Å². The van der Waals surface area contributed by atoms with Crippen molar-refractivity contribution < 1.29 is 4.42 Å². The maximum absolute atomic E-state index is 6.38. The Bertz CT molecular complexity index is 2290. The Balaban J connectivity index is 1.38. The number of para-hydroxylation sites is 1. The lowest BCUT2D eigenvalue weighted by molar-refractivity contribution is 0.667. The molecule has 4 heterocycles. The van der Waals surface area contributed by atoms with Crippen molar-refractivity contribution in [1.82, 2.24) is 19.9 Å². The van der Waals surface area contributed by atoms with Crippen LogP contribution in [-0.4, -0.2) is 19.9 Å². The van der Waals surface area contributed by atoms with E-state index < -0.39 is 0 Å². The lowest BCUT2D eigenvalue weighted by Crippen LogP contribution is -1.95. The Morgan fingerprint density at radius 1 is 0.512 bits per heavy atom. The zero-order valence-electron chi connectivity index (χ0n) is 22.6. The van der Waals surface area contributed by atoms with E-state index >= 15 is 0 Å². The Morgan fingerprint density at radius 3 is 2.17 bits per heavy atom. The molecule has 194 valence electrons. The molecule has 0 amide bonds. The second-order valence-electron chi connectivity index (χ2n) is 10.4. The predicted molar refractivity (Wildman–Crippen MR) is 166 cm³/mol. The van der Waals surface area contributed by atoms with Crippen molar-refractivity contribution in [2.45, 2.75) is 13.8 Å². The molecule has 5 nitrogen and oxygen atoms in total. The number of nitrogens with zero attached hydrogens (tertiary/aromatic N) is 4. The minimum atomic E-state index is 0.670.